The molecule has 6 rings (SSSR count). The molecule has 6 nitrogen and oxygen atoms in total. The first-order chi connectivity index (χ1) is 17.8. The lowest BCUT2D eigenvalue weighted by Crippen LogP contribution is -2.48. The number of anilines is 1. The highest BCUT2D eigenvalue weighted by molar-refractivity contribution is 7.92. The van der Waals surface area contributed by atoms with Crippen LogP contribution in [0.15, 0.2) is 53.6 Å². The minimum Gasteiger partial charge on any atom is -0.271 e. The van der Waals surface area contributed by atoms with Gasteiger partial charge in [0.1, 0.15) is 6.54 Å². The summed E-state index contributed by atoms with van der Waals surface area (Å²) < 4.78 is 26.5. The van der Waals surface area contributed by atoms with Gasteiger partial charge in [0.05, 0.1) is 17.7 Å². The summed E-state index contributed by atoms with van der Waals surface area (Å²) in [7, 11) is -3.66. The van der Waals surface area contributed by atoms with Crippen LogP contribution in [0, 0.1) is 17.8 Å². The number of hydrogen-bond donors (Lipinski definition) is 1. The Morgan fingerprint density at radius 2 is 1.47 bits per heavy atom. The molecule has 1 N–H and O–H groups in total. The fraction of sp³-hybridized carbons (Fsp3) is 0.548. The van der Waals surface area contributed by atoms with E-state index in [2.05, 4.69) is 55.6 Å². The average molecular weight is 536 g/mol. The van der Waals surface area contributed by atoms with Gasteiger partial charge in [0.2, 0.25) is 10.0 Å². The minimum absolute atomic E-state index is 0.0559. The summed E-state index contributed by atoms with van der Waals surface area (Å²) in [5.41, 5.74) is 7.46. The van der Waals surface area contributed by atoms with Crippen molar-refractivity contribution in [1.29, 1.82) is 0 Å². The van der Waals surface area contributed by atoms with Crippen LogP contribution >= 0.6 is 0 Å². The van der Waals surface area contributed by atoms with Crippen LogP contribution in [0.3, 0.4) is 0 Å². The predicted octanol–water partition coefficient (Wildman–Crippen LogP) is 5.76. The maximum atomic E-state index is 12.8. The lowest BCUT2D eigenvalue weighted by Gasteiger charge is -2.57. The zero-order chi connectivity index (χ0) is 27.3. The van der Waals surface area contributed by atoms with Crippen LogP contribution in [0.5, 0.6) is 0 Å². The van der Waals surface area contributed by atoms with Gasteiger partial charge in [-0.05, 0) is 103 Å². The molecule has 204 valence electrons. The largest absolute Gasteiger partial charge is 0.271 e. The van der Waals surface area contributed by atoms with E-state index in [0.29, 0.717) is 11.4 Å². The van der Waals surface area contributed by atoms with E-state index in [-0.39, 0.29) is 17.4 Å². The fourth-order valence-corrected chi connectivity index (χ4v) is 8.29. The van der Waals surface area contributed by atoms with Gasteiger partial charge in [-0.1, -0.05) is 57.2 Å². The molecule has 7 heteroatoms. The smallest absolute Gasteiger partial charge is 0.260 e. The molecule has 0 unspecified atom stereocenters. The van der Waals surface area contributed by atoms with Crippen molar-refractivity contribution in [2.75, 3.05) is 17.1 Å². The van der Waals surface area contributed by atoms with E-state index >= 15 is 0 Å². The Hall–Kier alpha value is -2.67. The monoisotopic (exact) mass is 535 g/mol. The van der Waals surface area contributed by atoms with Crippen LogP contribution < -0.4 is 9.73 Å². The zero-order valence-corrected chi connectivity index (χ0v) is 24.1. The van der Waals surface area contributed by atoms with Crippen molar-refractivity contribution in [3.05, 3.63) is 65.2 Å². The first-order valence-corrected chi connectivity index (χ1v) is 15.7. The zero-order valence-electron chi connectivity index (χ0n) is 23.3. The number of amides is 1. The standard InChI is InChI=1S/C31H41N3O3S/c1-21(25-6-8-26(9-7-25)30(2,3)4)32-33-29(35)20-34(38(5,36)37)28-12-10-27(11-13-28)31-17-22-14-23(18-31)16-24(15-22)19-31/h6-13,22-24H,14-20H2,1-5H3,(H,33,35)/b32-21-. The number of hydrazone groups is 1. The average Bonchev–Trinajstić information content (AvgIpc) is 2.84. The van der Waals surface area contributed by atoms with Gasteiger partial charge in [-0.15, -0.1) is 0 Å². The van der Waals surface area contributed by atoms with Gasteiger partial charge in [-0.2, -0.15) is 5.10 Å². The molecule has 1 amide bonds. The molecule has 4 saturated carbocycles. The maximum Gasteiger partial charge on any atom is 0.260 e. The van der Waals surface area contributed by atoms with Crippen LogP contribution in [0.25, 0.3) is 0 Å². The molecule has 4 aliphatic rings. The molecular weight excluding hydrogens is 494 g/mol. The quantitative estimate of drug-likeness (QED) is 0.362. The third-order valence-corrected chi connectivity index (χ3v) is 10.2. The summed E-state index contributed by atoms with van der Waals surface area (Å²) in [4.78, 5) is 12.8. The third-order valence-electron chi connectivity index (χ3n) is 9.01. The van der Waals surface area contributed by atoms with E-state index in [1.54, 1.807) is 0 Å². The van der Waals surface area contributed by atoms with Crippen molar-refractivity contribution >= 4 is 27.3 Å². The second kappa shape index (κ2) is 9.82. The van der Waals surface area contributed by atoms with E-state index in [4.69, 9.17) is 0 Å². The summed E-state index contributed by atoms with van der Waals surface area (Å²) in [5, 5.41) is 4.23. The fourth-order valence-electron chi connectivity index (χ4n) is 7.43. The van der Waals surface area contributed by atoms with Crippen LogP contribution in [-0.4, -0.2) is 32.8 Å². The molecule has 4 bridgehead atoms. The van der Waals surface area contributed by atoms with Crippen molar-refractivity contribution in [2.45, 2.75) is 77.0 Å². The molecule has 0 aliphatic heterocycles. The van der Waals surface area contributed by atoms with Gasteiger partial charge in [-0.25, -0.2) is 13.8 Å². The Kier molecular flexibility index (Phi) is 6.95. The minimum atomic E-state index is -3.66. The summed E-state index contributed by atoms with van der Waals surface area (Å²) in [5.74, 6) is 2.05. The Morgan fingerprint density at radius 1 is 0.947 bits per heavy atom. The van der Waals surface area contributed by atoms with E-state index < -0.39 is 15.9 Å². The Balaban J connectivity index is 1.27. The molecule has 0 heterocycles. The molecule has 38 heavy (non-hydrogen) atoms. The number of nitrogens with one attached hydrogen (secondary N) is 1. The number of nitrogens with zero attached hydrogens (tertiary/aromatic N) is 2. The number of benzene rings is 2. The lowest BCUT2D eigenvalue weighted by molar-refractivity contribution is -0.119. The second-order valence-electron chi connectivity index (χ2n) is 13.1. The van der Waals surface area contributed by atoms with Gasteiger partial charge < -0.3 is 0 Å². The second-order valence-corrected chi connectivity index (χ2v) is 15.0. The van der Waals surface area contributed by atoms with Crippen LogP contribution in [0.1, 0.15) is 82.9 Å². The van der Waals surface area contributed by atoms with E-state index in [0.717, 1.165) is 33.9 Å². The Morgan fingerprint density at radius 3 is 1.95 bits per heavy atom. The molecule has 2 aromatic carbocycles. The summed E-state index contributed by atoms with van der Waals surface area (Å²) in [6, 6.07) is 16.0. The van der Waals surface area contributed by atoms with Crippen molar-refractivity contribution in [2.24, 2.45) is 22.9 Å². The number of carbonyl (C=O) groups is 1. The highest BCUT2D eigenvalue weighted by atomic mass is 32.2. The number of rotatable bonds is 7. The summed E-state index contributed by atoms with van der Waals surface area (Å²) >= 11 is 0. The van der Waals surface area contributed by atoms with Crippen LogP contribution in [-0.2, 0) is 25.6 Å². The molecule has 0 atom stereocenters. The number of sulfonamides is 1. The molecule has 4 fully saturated rings. The van der Waals surface area contributed by atoms with E-state index in [9.17, 15) is 13.2 Å². The van der Waals surface area contributed by atoms with Gasteiger partial charge in [-0.3, -0.25) is 9.10 Å². The molecule has 0 spiro atoms. The molecule has 4 aliphatic carbocycles. The van der Waals surface area contributed by atoms with Crippen molar-refractivity contribution in [1.82, 2.24) is 5.43 Å². The van der Waals surface area contributed by atoms with E-state index in [1.165, 1.54) is 49.7 Å². The van der Waals surface area contributed by atoms with Gasteiger partial charge in [0.25, 0.3) is 5.91 Å². The normalized spacial score (nSPS) is 26.9. The molecular formula is C31H41N3O3S. The van der Waals surface area contributed by atoms with Crippen molar-refractivity contribution in [3.8, 4) is 0 Å². The maximum absolute atomic E-state index is 12.8. The van der Waals surface area contributed by atoms with Gasteiger partial charge in [0, 0.05) is 0 Å². The van der Waals surface area contributed by atoms with Gasteiger partial charge in [0.15, 0.2) is 0 Å². The molecule has 0 saturated heterocycles. The first-order valence-electron chi connectivity index (χ1n) is 13.8. The SMILES string of the molecule is C/C(=N/NC(=O)CN(c1ccc(C23CC4CC(CC(C4)C2)C3)cc1)S(C)(=O)=O)c1ccc(C(C)(C)C)cc1. The van der Waals surface area contributed by atoms with E-state index in [1.807, 2.05) is 31.2 Å². The highest BCUT2D eigenvalue weighted by Gasteiger charge is 2.51. The Labute approximate surface area is 228 Å². The molecule has 0 aromatic heterocycles. The van der Waals surface area contributed by atoms with Crippen LogP contribution in [0.2, 0.25) is 0 Å². The number of hydrogen-bond acceptors (Lipinski definition) is 4. The summed E-state index contributed by atoms with van der Waals surface area (Å²) in [6.45, 7) is 7.98. The first kappa shape index (κ1) is 26.9. The van der Waals surface area contributed by atoms with Gasteiger partial charge >= 0.3 is 0 Å². The highest BCUT2D eigenvalue weighted by Crippen LogP contribution is 2.60. The predicted molar refractivity (Wildman–Crippen MR) is 154 cm³/mol. The Bertz CT molecular complexity index is 1290. The number of carbonyl (C=O) groups excluding carboxylic acids is 1. The third kappa shape index (κ3) is 5.54. The summed E-state index contributed by atoms with van der Waals surface area (Å²) in [6.07, 6.45) is 9.07. The van der Waals surface area contributed by atoms with Crippen molar-refractivity contribution < 1.29 is 13.2 Å². The topological polar surface area (TPSA) is 78.8 Å². The molecule has 0 radical (unpaired) electrons. The molecule has 2 aromatic rings. The van der Waals surface area contributed by atoms with Crippen LogP contribution in [0.4, 0.5) is 5.69 Å². The lowest BCUT2D eigenvalue weighted by atomic mass is 9.48. The van der Waals surface area contributed by atoms with Crippen molar-refractivity contribution in [3.63, 3.8) is 0 Å².